The quantitative estimate of drug-likeness (QED) is 0.588. The Morgan fingerprint density at radius 1 is 1.10 bits per heavy atom. The average Bonchev–Trinajstić information content (AvgIpc) is 2.48. The Bertz CT molecular complexity index is 582. The molecule has 0 unspecified atom stereocenters. The molecule has 2 aromatic carbocycles. The molecule has 0 N–H and O–H groups in total. The van der Waals surface area contributed by atoms with E-state index in [9.17, 15) is 4.79 Å². The molecule has 0 atom stereocenters. The molecule has 2 aromatic rings. The van der Waals surface area contributed by atoms with Gasteiger partial charge in [0.25, 0.3) is 0 Å². The third-order valence-electron chi connectivity index (χ3n) is 2.77. The van der Waals surface area contributed by atoms with E-state index in [0.717, 1.165) is 0 Å². The number of benzene rings is 2. The van der Waals surface area contributed by atoms with E-state index >= 15 is 0 Å². The smallest absolute Gasteiger partial charge is 0.167 e. The summed E-state index contributed by atoms with van der Waals surface area (Å²) in [5, 5.41) is 0. The van der Waals surface area contributed by atoms with Crippen LogP contribution in [0.4, 0.5) is 0 Å². The number of carbonyl (C=O) groups excluding carboxylic acids is 1. The van der Waals surface area contributed by atoms with E-state index in [1.165, 1.54) is 7.11 Å². The van der Waals surface area contributed by atoms with Crippen LogP contribution in [0.15, 0.2) is 48.5 Å². The van der Waals surface area contributed by atoms with E-state index in [1.54, 1.807) is 18.2 Å². The topological polar surface area (TPSA) is 35.5 Å². The van der Waals surface area contributed by atoms with Crippen LogP contribution < -0.4 is 9.47 Å². The highest BCUT2D eigenvalue weighted by atomic mass is 35.5. The number of hydrogen-bond donors (Lipinski definition) is 0. The van der Waals surface area contributed by atoms with Crippen molar-refractivity contribution in [1.82, 2.24) is 0 Å². The Hall–Kier alpha value is -2.00. The Kier molecular flexibility index (Phi) is 5.02. The number of halogens is 1. The van der Waals surface area contributed by atoms with Gasteiger partial charge in [-0.2, -0.15) is 0 Å². The first kappa shape index (κ1) is 14.4. The van der Waals surface area contributed by atoms with Crippen LogP contribution in [0.1, 0.15) is 16.8 Å². The van der Waals surface area contributed by atoms with E-state index in [-0.39, 0.29) is 18.1 Å². The maximum Gasteiger partial charge on any atom is 0.167 e. The van der Waals surface area contributed by atoms with Crippen LogP contribution in [0.3, 0.4) is 0 Å². The molecule has 3 nitrogen and oxygen atoms in total. The summed E-state index contributed by atoms with van der Waals surface area (Å²) in [6, 6.07) is 14.6. The molecule has 0 spiro atoms. The zero-order valence-electron chi connectivity index (χ0n) is 11.1. The Balaban J connectivity index is 2.27. The van der Waals surface area contributed by atoms with Gasteiger partial charge in [0.2, 0.25) is 0 Å². The first-order valence-corrected chi connectivity index (χ1v) is 6.78. The number of hydrogen-bond acceptors (Lipinski definition) is 3. The van der Waals surface area contributed by atoms with Crippen molar-refractivity contribution >= 4 is 17.4 Å². The fourth-order valence-corrected chi connectivity index (χ4v) is 1.99. The van der Waals surface area contributed by atoms with Crippen LogP contribution in [0.2, 0.25) is 0 Å². The van der Waals surface area contributed by atoms with Gasteiger partial charge in [0, 0.05) is 12.3 Å². The lowest BCUT2D eigenvalue weighted by Crippen LogP contribution is -2.03. The van der Waals surface area contributed by atoms with Gasteiger partial charge in [-0.15, -0.1) is 11.6 Å². The number of ether oxygens (including phenoxy) is 2. The lowest BCUT2D eigenvalue weighted by Gasteiger charge is -2.10. The van der Waals surface area contributed by atoms with E-state index in [2.05, 4.69) is 0 Å². The Morgan fingerprint density at radius 3 is 2.50 bits per heavy atom. The largest absolute Gasteiger partial charge is 0.496 e. The number of carbonyl (C=O) groups is 1. The lowest BCUT2D eigenvalue weighted by molar-refractivity contribution is 0.0986. The van der Waals surface area contributed by atoms with Gasteiger partial charge in [-0.1, -0.05) is 18.2 Å². The summed E-state index contributed by atoms with van der Waals surface area (Å²) in [4.78, 5) is 12.0. The summed E-state index contributed by atoms with van der Waals surface area (Å²) >= 11 is 5.62. The van der Waals surface area contributed by atoms with Crippen LogP contribution in [0.5, 0.6) is 17.2 Å². The normalized spacial score (nSPS) is 10.1. The number of Topliss-reactive ketones (excluding diaryl/α,β-unsaturated/α-hetero) is 1. The highest BCUT2D eigenvalue weighted by Crippen LogP contribution is 2.28. The first-order valence-electron chi connectivity index (χ1n) is 6.24. The number of alkyl halides is 1. The van der Waals surface area contributed by atoms with Crippen molar-refractivity contribution in [1.29, 1.82) is 0 Å². The van der Waals surface area contributed by atoms with E-state index in [1.807, 2.05) is 30.3 Å². The second kappa shape index (κ2) is 6.96. The number of ketones is 1. The van der Waals surface area contributed by atoms with Gasteiger partial charge in [0.15, 0.2) is 5.78 Å². The fraction of sp³-hybridized carbons (Fsp3) is 0.188. The first-order chi connectivity index (χ1) is 9.74. The van der Waals surface area contributed by atoms with Crippen molar-refractivity contribution < 1.29 is 14.3 Å². The van der Waals surface area contributed by atoms with Crippen molar-refractivity contribution in [3.8, 4) is 17.2 Å². The van der Waals surface area contributed by atoms with Crippen molar-refractivity contribution in [2.45, 2.75) is 6.42 Å². The van der Waals surface area contributed by atoms with E-state index in [0.29, 0.717) is 22.8 Å². The second-order valence-corrected chi connectivity index (χ2v) is 4.52. The maximum atomic E-state index is 12.0. The zero-order chi connectivity index (χ0) is 14.4. The second-order valence-electron chi connectivity index (χ2n) is 4.14. The SMILES string of the molecule is COc1ccc(Oc2ccccc2)cc1C(=O)CCCl. The molecule has 0 fully saturated rings. The van der Waals surface area contributed by atoms with Gasteiger partial charge in [-0.3, -0.25) is 4.79 Å². The van der Waals surface area contributed by atoms with Crippen LogP contribution in [-0.2, 0) is 0 Å². The highest BCUT2D eigenvalue weighted by Gasteiger charge is 2.13. The fourth-order valence-electron chi connectivity index (χ4n) is 1.81. The van der Waals surface area contributed by atoms with Gasteiger partial charge < -0.3 is 9.47 Å². The van der Waals surface area contributed by atoms with Crippen molar-refractivity contribution in [2.24, 2.45) is 0 Å². The molecule has 0 bridgehead atoms. The van der Waals surface area contributed by atoms with Crippen molar-refractivity contribution in [2.75, 3.05) is 13.0 Å². The van der Waals surface area contributed by atoms with Gasteiger partial charge in [0.1, 0.15) is 17.2 Å². The number of rotatable bonds is 6. The van der Waals surface area contributed by atoms with Gasteiger partial charge in [0.05, 0.1) is 12.7 Å². The molecule has 0 radical (unpaired) electrons. The number of para-hydroxylation sites is 1. The molecule has 20 heavy (non-hydrogen) atoms. The molecular formula is C16H15ClO3. The minimum Gasteiger partial charge on any atom is -0.496 e. The summed E-state index contributed by atoms with van der Waals surface area (Å²) < 4.78 is 10.9. The van der Waals surface area contributed by atoms with Gasteiger partial charge in [-0.25, -0.2) is 0 Å². The third-order valence-corrected chi connectivity index (χ3v) is 2.96. The minimum absolute atomic E-state index is 0.0599. The molecule has 0 amide bonds. The minimum atomic E-state index is -0.0599. The van der Waals surface area contributed by atoms with E-state index in [4.69, 9.17) is 21.1 Å². The third kappa shape index (κ3) is 3.52. The number of methoxy groups -OCH3 is 1. The zero-order valence-corrected chi connectivity index (χ0v) is 11.9. The predicted molar refractivity (Wildman–Crippen MR) is 79.2 cm³/mol. The monoisotopic (exact) mass is 290 g/mol. The molecule has 0 aliphatic rings. The van der Waals surface area contributed by atoms with Gasteiger partial charge in [-0.05, 0) is 30.3 Å². The maximum absolute atomic E-state index is 12.0. The summed E-state index contributed by atoms with van der Waals surface area (Å²) in [7, 11) is 1.53. The molecule has 0 saturated heterocycles. The standard InChI is InChI=1S/C16H15ClO3/c1-19-16-8-7-13(11-14(16)15(18)9-10-17)20-12-5-3-2-4-6-12/h2-8,11H,9-10H2,1H3. The molecule has 0 aliphatic carbocycles. The van der Waals surface area contributed by atoms with Crippen LogP contribution in [-0.4, -0.2) is 18.8 Å². The van der Waals surface area contributed by atoms with E-state index < -0.39 is 0 Å². The van der Waals surface area contributed by atoms with Gasteiger partial charge >= 0.3 is 0 Å². The van der Waals surface area contributed by atoms with Crippen molar-refractivity contribution in [3.63, 3.8) is 0 Å². The lowest BCUT2D eigenvalue weighted by atomic mass is 10.1. The Labute approximate surface area is 123 Å². The molecular weight excluding hydrogens is 276 g/mol. The van der Waals surface area contributed by atoms with Crippen LogP contribution >= 0.6 is 11.6 Å². The molecule has 2 rings (SSSR count). The molecule has 0 aliphatic heterocycles. The molecule has 4 heteroatoms. The summed E-state index contributed by atoms with van der Waals surface area (Å²) in [5.74, 6) is 2.06. The van der Waals surface area contributed by atoms with Crippen molar-refractivity contribution in [3.05, 3.63) is 54.1 Å². The van der Waals surface area contributed by atoms with Crippen LogP contribution in [0.25, 0.3) is 0 Å². The summed E-state index contributed by atoms with van der Waals surface area (Å²) in [6.07, 6.45) is 0.271. The predicted octanol–water partition coefficient (Wildman–Crippen LogP) is 4.30. The van der Waals surface area contributed by atoms with Crippen LogP contribution in [0, 0.1) is 0 Å². The summed E-state index contributed by atoms with van der Waals surface area (Å²) in [5.41, 5.74) is 0.488. The summed E-state index contributed by atoms with van der Waals surface area (Å²) in [6.45, 7) is 0. The molecule has 0 aromatic heterocycles. The molecule has 104 valence electrons. The molecule has 0 heterocycles. The molecule has 0 saturated carbocycles. The Morgan fingerprint density at radius 2 is 1.85 bits per heavy atom. The average molecular weight is 291 g/mol. The highest BCUT2D eigenvalue weighted by molar-refractivity contribution is 6.19.